The maximum Gasteiger partial charge on any atom is 0.311 e. The fourth-order valence-corrected chi connectivity index (χ4v) is 6.90. The molecule has 4 aromatic carbocycles. The van der Waals surface area contributed by atoms with Crippen molar-refractivity contribution < 1.29 is 28.5 Å². The van der Waals surface area contributed by atoms with E-state index in [2.05, 4.69) is 34.3 Å². The van der Waals surface area contributed by atoms with Crippen LogP contribution in [-0.4, -0.2) is 25.2 Å². The summed E-state index contributed by atoms with van der Waals surface area (Å²) in [7, 11) is 0. The van der Waals surface area contributed by atoms with Crippen LogP contribution >= 0.6 is 0 Å². The molecule has 0 spiro atoms. The summed E-state index contributed by atoms with van der Waals surface area (Å²) in [6, 6.07) is 29.2. The van der Waals surface area contributed by atoms with E-state index in [1.807, 2.05) is 48.5 Å². The number of rotatable bonds is 34. The minimum Gasteiger partial charge on any atom is -0.494 e. The Morgan fingerprint density at radius 2 is 0.587 bits per heavy atom. The fourth-order valence-electron chi connectivity index (χ4n) is 6.90. The van der Waals surface area contributed by atoms with Crippen molar-refractivity contribution in [2.45, 2.75) is 162 Å². The highest BCUT2D eigenvalue weighted by Crippen LogP contribution is 2.26. The van der Waals surface area contributed by atoms with Crippen molar-refractivity contribution in [3.63, 3.8) is 0 Å². The van der Waals surface area contributed by atoms with Gasteiger partial charge < -0.3 is 18.9 Å². The van der Waals surface area contributed by atoms with E-state index in [9.17, 15) is 9.59 Å². The van der Waals surface area contributed by atoms with Crippen molar-refractivity contribution in [3.05, 3.63) is 97.1 Å². The third-order valence-corrected chi connectivity index (χ3v) is 10.7. The average Bonchev–Trinajstić information content (AvgIpc) is 3.30. The number of carbonyl (C=O) groups excluding carboxylic acids is 2. The second-order valence-electron chi connectivity index (χ2n) is 16.2. The van der Waals surface area contributed by atoms with Crippen LogP contribution in [0.4, 0.5) is 22.7 Å². The van der Waals surface area contributed by atoms with E-state index in [1.54, 1.807) is 48.5 Å². The zero-order valence-corrected chi connectivity index (χ0v) is 38.2. The van der Waals surface area contributed by atoms with Gasteiger partial charge in [-0.1, -0.05) is 123 Å². The Labute approximate surface area is 377 Å². The summed E-state index contributed by atoms with van der Waals surface area (Å²) in [4.78, 5) is 24.8. The minimum atomic E-state index is -0.270. The molecule has 10 heteroatoms. The van der Waals surface area contributed by atoms with Crippen LogP contribution in [0.15, 0.2) is 118 Å². The molecule has 0 atom stereocenters. The van der Waals surface area contributed by atoms with Gasteiger partial charge in [0.15, 0.2) is 0 Å². The fraction of sp³-hybridized carbons (Fsp3) is 0.509. The highest BCUT2D eigenvalue weighted by Gasteiger charge is 2.08. The number of unbranched alkanes of at least 4 members (excludes halogenated alkanes) is 18. The largest absolute Gasteiger partial charge is 0.494 e. The van der Waals surface area contributed by atoms with E-state index < -0.39 is 0 Å². The molecule has 4 rings (SSSR count). The van der Waals surface area contributed by atoms with Crippen LogP contribution in [0, 0.1) is 0 Å². The Bertz CT molecular complexity index is 1720. The number of hydrogen-bond acceptors (Lipinski definition) is 10. The van der Waals surface area contributed by atoms with Gasteiger partial charge >= 0.3 is 11.9 Å². The van der Waals surface area contributed by atoms with Crippen molar-refractivity contribution in [1.82, 2.24) is 0 Å². The standard InChI is InChI=1S/C53H72N4O6/c1-3-5-7-9-11-13-18-22-42-60-48-34-26-44(27-35-48)54-56-46-30-38-50(39-31-46)62-52(58)24-20-16-15-17-21-25-53(59)63-51-40-32-47(33-41-51)57-55-45-28-36-49(37-29-45)61-43-23-19-14-12-10-8-6-4-2/h26-41H,3-25,42-43H2,1-2H3. The van der Waals surface area contributed by atoms with E-state index in [4.69, 9.17) is 18.9 Å². The number of hydrogen-bond donors (Lipinski definition) is 0. The first-order valence-electron chi connectivity index (χ1n) is 23.9. The second kappa shape index (κ2) is 32.3. The zero-order chi connectivity index (χ0) is 44.4. The lowest BCUT2D eigenvalue weighted by Crippen LogP contribution is -2.08. The summed E-state index contributed by atoms with van der Waals surface area (Å²) in [5.74, 6) is 2.10. The predicted octanol–water partition coefficient (Wildman–Crippen LogP) is 16.8. The number of nitrogens with zero attached hydrogens (tertiary/aromatic N) is 4. The molecule has 0 radical (unpaired) electrons. The van der Waals surface area contributed by atoms with Gasteiger partial charge in [-0.25, -0.2) is 0 Å². The molecule has 0 fully saturated rings. The Balaban J connectivity index is 0.991. The lowest BCUT2D eigenvalue weighted by molar-refractivity contribution is -0.135. The van der Waals surface area contributed by atoms with Crippen LogP contribution < -0.4 is 18.9 Å². The molecule has 0 saturated heterocycles. The van der Waals surface area contributed by atoms with E-state index in [0.717, 1.165) is 81.0 Å². The molecule has 10 nitrogen and oxygen atoms in total. The first kappa shape index (κ1) is 50.3. The van der Waals surface area contributed by atoms with E-state index in [0.29, 0.717) is 35.7 Å². The molecule has 4 aromatic rings. The van der Waals surface area contributed by atoms with E-state index in [1.165, 1.54) is 89.9 Å². The third kappa shape index (κ3) is 23.6. The number of esters is 2. The summed E-state index contributed by atoms with van der Waals surface area (Å²) in [5.41, 5.74) is 2.80. The molecular formula is C53H72N4O6. The molecule has 0 aliphatic carbocycles. The topological polar surface area (TPSA) is 121 Å². The second-order valence-corrected chi connectivity index (χ2v) is 16.2. The first-order valence-corrected chi connectivity index (χ1v) is 23.9. The Kier molecular flexibility index (Phi) is 25.8. The maximum atomic E-state index is 12.4. The maximum absolute atomic E-state index is 12.4. The molecule has 0 aliphatic rings. The quantitative estimate of drug-likeness (QED) is 0.0200. The number of carbonyl (C=O) groups is 2. The molecular weight excluding hydrogens is 789 g/mol. The Morgan fingerprint density at radius 1 is 0.333 bits per heavy atom. The van der Waals surface area contributed by atoms with Gasteiger partial charge in [-0.3, -0.25) is 9.59 Å². The molecule has 0 unspecified atom stereocenters. The van der Waals surface area contributed by atoms with Crippen molar-refractivity contribution in [1.29, 1.82) is 0 Å². The van der Waals surface area contributed by atoms with Gasteiger partial charge in [-0.2, -0.15) is 20.5 Å². The van der Waals surface area contributed by atoms with Crippen LogP contribution in [0.5, 0.6) is 23.0 Å². The molecule has 0 bridgehead atoms. The third-order valence-electron chi connectivity index (χ3n) is 10.7. The van der Waals surface area contributed by atoms with Crippen molar-refractivity contribution in [2.75, 3.05) is 13.2 Å². The molecule has 340 valence electrons. The van der Waals surface area contributed by atoms with Gasteiger partial charge in [0.05, 0.1) is 36.0 Å². The van der Waals surface area contributed by atoms with Gasteiger partial charge in [0.2, 0.25) is 0 Å². The highest BCUT2D eigenvalue weighted by molar-refractivity contribution is 5.73. The Morgan fingerprint density at radius 3 is 0.889 bits per heavy atom. The molecule has 0 aromatic heterocycles. The summed E-state index contributed by atoms with van der Waals surface area (Å²) in [6.07, 6.45) is 25.2. The van der Waals surface area contributed by atoms with Gasteiger partial charge in [0, 0.05) is 12.8 Å². The Hall–Kier alpha value is -5.38. The van der Waals surface area contributed by atoms with Crippen LogP contribution in [0.3, 0.4) is 0 Å². The minimum absolute atomic E-state index is 0.270. The summed E-state index contributed by atoms with van der Waals surface area (Å²) >= 11 is 0. The van der Waals surface area contributed by atoms with E-state index >= 15 is 0 Å². The SMILES string of the molecule is CCCCCCCCCCOc1ccc(N=Nc2ccc(OC(=O)CCCCCCCC(=O)Oc3ccc(N=Nc4ccc(OCCCCCCCCCC)cc4)cc3)cc2)cc1. The van der Waals surface area contributed by atoms with Crippen molar-refractivity contribution in [2.24, 2.45) is 20.5 Å². The van der Waals surface area contributed by atoms with Crippen molar-refractivity contribution >= 4 is 34.7 Å². The van der Waals surface area contributed by atoms with Crippen LogP contribution in [-0.2, 0) is 9.59 Å². The van der Waals surface area contributed by atoms with E-state index in [-0.39, 0.29) is 11.9 Å². The van der Waals surface area contributed by atoms with Crippen LogP contribution in [0.1, 0.15) is 162 Å². The first-order chi connectivity index (χ1) is 31.0. The lowest BCUT2D eigenvalue weighted by Gasteiger charge is -2.06. The molecule has 63 heavy (non-hydrogen) atoms. The van der Waals surface area contributed by atoms with Crippen LogP contribution in [0.25, 0.3) is 0 Å². The molecule has 0 heterocycles. The van der Waals surface area contributed by atoms with Crippen molar-refractivity contribution in [3.8, 4) is 23.0 Å². The summed E-state index contributed by atoms with van der Waals surface area (Å²) in [5, 5.41) is 17.2. The average molecular weight is 861 g/mol. The number of ether oxygens (including phenoxy) is 4. The molecule has 0 saturated carbocycles. The monoisotopic (exact) mass is 861 g/mol. The molecule has 0 aliphatic heterocycles. The van der Waals surface area contributed by atoms with Gasteiger partial charge in [-0.05, 0) is 123 Å². The smallest absolute Gasteiger partial charge is 0.311 e. The summed E-state index contributed by atoms with van der Waals surface area (Å²) in [6.45, 7) is 5.96. The molecule has 0 amide bonds. The highest BCUT2D eigenvalue weighted by atomic mass is 16.5. The zero-order valence-electron chi connectivity index (χ0n) is 38.2. The molecule has 0 N–H and O–H groups in total. The van der Waals surface area contributed by atoms with Gasteiger partial charge in [-0.15, -0.1) is 0 Å². The van der Waals surface area contributed by atoms with Gasteiger partial charge in [0.1, 0.15) is 23.0 Å². The predicted molar refractivity (Wildman–Crippen MR) is 254 cm³/mol. The number of benzene rings is 4. The van der Waals surface area contributed by atoms with Gasteiger partial charge in [0.25, 0.3) is 0 Å². The number of azo groups is 2. The normalized spacial score (nSPS) is 11.3. The lowest BCUT2D eigenvalue weighted by atomic mass is 10.1. The summed E-state index contributed by atoms with van der Waals surface area (Å²) < 4.78 is 22.8. The van der Waals surface area contributed by atoms with Crippen LogP contribution in [0.2, 0.25) is 0 Å².